The highest BCUT2D eigenvalue weighted by Crippen LogP contribution is 2.31. The first-order chi connectivity index (χ1) is 10.8. The molecule has 22 heavy (non-hydrogen) atoms. The van der Waals surface area contributed by atoms with E-state index in [2.05, 4.69) is 17.2 Å². The minimum Gasteiger partial charge on any atom is -0.496 e. The molecule has 0 radical (unpaired) electrons. The van der Waals surface area contributed by atoms with Crippen molar-refractivity contribution in [3.05, 3.63) is 30.0 Å². The van der Waals surface area contributed by atoms with Gasteiger partial charge in [-0.1, -0.05) is 50.0 Å². The molecule has 0 saturated carbocycles. The Bertz CT molecular complexity index is 581. The third-order valence-electron chi connectivity index (χ3n) is 3.79. The molecule has 1 aromatic heterocycles. The van der Waals surface area contributed by atoms with Gasteiger partial charge in [-0.3, -0.25) is 0 Å². The fourth-order valence-electron chi connectivity index (χ4n) is 2.61. The van der Waals surface area contributed by atoms with E-state index < -0.39 is 0 Å². The maximum atomic E-state index is 9.54. The first-order valence-corrected chi connectivity index (χ1v) is 7.98. The number of aromatic nitrogens is 3. The molecule has 0 bridgehead atoms. The highest BCUT2D eigenvalue weighted by Gasteiger charge is 2.17. The molecule has 120 valence electrons. The maximum absolute atomic E-state index is 9.54. The fourth-order valence-corrected chi connectivity index (χ4v) is 2.61. The number of nitrogens with zero attached hydrogens (tertiary/aromatic N) is 3. The van der Waals surface area contributed by atoms with Crippen LogP contribution in [-0.2, 0) is 13.2 Å². The Kier molecular flexibility index (Phi) is 6.40. The second kappa shape index (κ2) is 8.54. The van der Waals surface area contributed by atoms with Gasteiger partial charge < -0.3 is 9.84 Å². The van der Waals surface area contributed by atoms with Crippen molar-refractivity contribution in [2.24, 2.45) is 0 Å². The number of para-hydroxylation sites is 1. The second-order valence-electron chi connectivity index (χ2n) is 5.38. The molecule has 0 saturated heterocycles. The number of benzene rings is 1. The van der Waals surface area contributed by atoms with Gasteiger partial charge >= 0.3 is 0 Å². The lowest BCUT2D eigenvalue weighted by molar-refractivity contribution is 0.277. The van der Waals surface area contributed by atoms with Crippen LogP contribution < -0.4 is 4.74 Å². The fraction of sp³-hybridized carbons (Fsp3) is 0.529. The Labute approximate surface area is 131 Å². The SMILES string of the molecule is CCCCCCCn1nnc(CO)c1-c1ccccc1OC. The van der Waals surface area contributed by atoms with Crippen LogP contribution in [0.4, 0.5) is 0 Å². The molecule has 0 spiro atoms. The number of unbranched alkanes of at least 4 members (excludes halogenated alkanes) is 4. The average molecular weight is 303 g/mol. The Morgan fingerprint density at radius 1 is 1.14 bits per heavy atom. The van der Waals surface area contributed by atoms with E-state index in [0.29, 0.717) is 5.69 Å². The molecule has 0 unspecified atom stereocenters. The van der Waals surface area contributed by atoms with Gasteiger partial charge in [-0.05, 0) is 18.6 Å². The van der Waals surface area contributed by atoms with Gasteiger partial charge in [0.2, 0.25) is 0 Å². The van der Waals surface area contributed by atoms with Crippen molar-refractivity contribution in [3.8, 4) is 17.0 Å². The van der Waals surface area contributed by atoms with E-state index in [1.54, 1.807) is 7.11 Å². The standard InChI is InChI=1S/C17H25N3O2/c1-3-4-5-6-9-12-20-17(15(13-21)18-19-20)14-10-7-8-11-16(14)22-2/h7-8,10-11,21H,3-6,9,12-13H2,1-2H3. The highest BCUT2D eigenvalue weighted by atomic mass is 16.5. The van der Waals surface area contributed by atoms with Crippen molar-refractivity contribution in [2.45, 2.75) is 52.2 Å². The van der Waals surface area contributed by atoms with Gasteiger partial charge in [-0.25, -0.2) is 4.68 Å². The summed E-state index contributed by atoms with van der Waals surface area (Å²) in [5, 5.41) is 17.9. The highest BCUT2D eigenvalue weighted by molar-refractivity contribution is 5.69. The van der Waals surface area contributed by atoms with E-state index in [0.717, 1.165) is 30.0 Å². The lowest BCUT2D eigenvalue weighted by atomic mass is 10.1. The normalized spacial score (nSPS) is 10.9. The van der Waals surface area contributed by atoms with E-state index in [4.69, 9.17) is 4.74 Å². The van der Waals surface area contributed by atoms with Crippen molar-refractivity contribution in [1.82, 2.24) is 15.0 Å². The maximum Gasteiger partial charge on any atom is 0.128 e. The zero-order valence-electron chi connectivity index (χ0n) is 13.5. The number of methoxy groups -OCH3 is 1. The number of aliphatic hydroxyl groups excluding tert-OH is 1. The predicted molar refractivity (Wildman–Crippen MR) is 86.7 cm³/mol. The Hall–Kier alpha value is -1.88. The largest absolute Gasteiger partial charge is 0.496 e. The van der Waals surface area contributed by atoms with Gasteiger partial charge in [-0.15, -0.1) is 5.10 Å². The number of ether oxygens (including phenoxy) is 1. The van der Waals surface area contributed by atoms with Gasteiger partial charge in [0, 0.05) is 12.1 Å². The molecule has 5 nitrogen and oxygen atoms in total. The minimum absolute atomic E-state index is 0.122. The summed E-state index contributed by atoms with van der Waals surface area (Å²) in [7, 11) is 1.65. The van der Waals surface area contributed by atoms with Gasteiger partial charge in [0.05, 0.1) is 19.4 Å². The van der Waals surface area contributed by atoms with Gasteiger partial charge in [0.15, 0.2) is 0 Å². The van der Waals surface area contributed by atoms with Crippen LogP contribution in [0.1, 0.15) is 44.7 Å². The molecule has 0 amide bonds. The van der Waals surface area contributed by atoms with Gasteiger partial charge in [-0.2, -0.15) is 0 Å². The molecule has 0 aliphatic rings. The van der Waals surface area contributed by atoms with E-state index in [1.807, 2.05) is 28.9 Å². The van der Waals surface area contributed by atoms with Crippen molar-refractivity contribution in [3.63, 3.8) is 0 Å². The molecule has 1 aromatic carbocycles. The third-order valence-corrected chi connectivity index (χ3v) is 3.79. The Morgan fingerprint density at radius 3 is 2.64 bits per heavy atom. The summed E-state index contributed by atoms with van der Waals surface area (Å²) in [5.74, 6) is 0.770. The van der Waals surface area contributed by atoms with Crippen molar-refractivity contribution in [1.29, 1.82) is 0 Å². The molecule has 1 heterocycles. The Morgan fingerprint density at radius 2 is 1.91 bits per heavy atom. The summed E-state index contributed by atoms with van der Waals surface area (Å²) in [4.78, 5) is 0. The number of aliphatic hydroxyl groups is 1. The number of hydrogen-bond donors (Lipinski definition) is 1. The van der Waals surface area contributed by atoms with Crippen molar-refractivity contribution >= 4 is 0 Å². The van der Waals surface area contributed by atoms with Crippen LogP contribution >= 0.6 is 0 Å². The van der Waals surface area contributed by atoms with E-state index in [-0.39, 0.29) is 6.61 Å². The van der Waals surface area contributed by atoms with Gasteiger partial charge in [0.1, 0.15) is 11.4 Å². The van der Waals surface area contributed by atoms with Crippen LogP contribution in [0.5, 0.6) is 5.75 Å². The number of aryl methyl sites for hydroxylation is 1. The molecule has 2 rings (SSSR count). The van der Waals surface area contributed by atoms with Crippen LogP contribution in [0, 0.1) is 0 Å². The summed E-state index contributed by atoms with van der Waals surface area (Å²) in [6.07, 6.45) is 6.02. The van der Waals surface area contributed by atoms with E-state index in [9.17, 15) is 5.11 Å². The third kappa shape index (κ3) is 3.85. The predicted octanol–water partition coefficient (Wildman–Crippen LogP) is 3.42. The van der Waals surface area contributed by atoms with Gasteiger partial charge in [0.25, 0.3) is 0 Å². The molecule has 0 fully saturated rings. The molecular weight excluding hydrogens is 278 g/mol. The van der Waals surface area contributed by atoms with E-state index >= 15 is 0 Å². The van der Waals surface area contributed by atoms with Crippen LogP contribution in [0.15, 0.2) is 24.3 Å². The lowest BCUT2D eigenvalue weighted by Crippen LogP contribution is -2.04. The lowest BCUT2D eigenvalue weighted by Gasteiger charge is -2.11. The summed E-state index contributed by atoms with van der Waals surface area (Å²) in [5.41, 5.74) is 2.38. The zero-order valence-corrected chi connectivity index (χ0v) is 13.5. The Balaban J connectivity index is 2.20. The summed E-state index contributed by atoms with van der Waals surface area (Å²) in [6.45, 7) is 2.90. The molecule has 5 heteroatoms. The van der Waals surface area contributed by atoms with Crippen LogP contribution in [0.3, 0.4) is 0 Å². The van der Waals surface area contributed by atoms with Crippen LogP contribution in [0.2, 0.25) is 0 Å². The number of hydrogen-bond acceptors (Lipinski definition) is 4. The second-order valence-corrected chi connectivity index (χ2v) is 5.38. The number of rotatable bonds is 9. The molecule has 0 atom stereocenters. The molecular formula is C17H25N3O2. The van der Waals surface area contributed by atoms with Crippen molar-refractivity contribution < 1.29 is 9.84 Å². The quantitative estimate of drug-likeness (QED) is 0.721. The monoisotopic (exact) mass is 303 g/mol. The summed E-state index contributed by atoms with van der Waals surface area (Å²) >= 11 is 0. The van der Waals surface area contributed by atoms with Crippen LogP contribution in [0.25, 0.3) is 11.3 Å². The van der Waals surface area contributed by atoms with Crippen LogP contribution in [-0.4, -0.2) is 27.2 Å². The topological polar surface area (TPSA) is 60.2 Å². The zero-order chi connectivity index (χ0) is 15.8. The first-order valence-electron chi connectivity index (χ1n) is 7.98. The summed E-state index contributed by atoms with van der Waals surface area (Å²) in [6, 6.07) is 7.77. The van der Waals surface area contributed by atoms with Crippen molar-refractivity contribution in [2.75, 3.05) is 7.11 Å². The molecule has 1 N–H and O–H groups in total. The first kappa shape index (κ1) is 16.5. The summed E-state index contributed by atoms with van der Waals surface area (Å²) < 4.78 is 7.31. The minimum atomic E-state index is -0.122. The molecule has 2 aromatic rings. The average Bonchev–Trinajstić information content (AvgIpc) is 2.97. The molecule has 0 aliphatic heterocycles. The smallest absolute Gasteiger partial charge is 0.128 e. The van der Waals surface area contributed by atoms with E-state index in [1.165, 1.54) is 25.7 Å². The molecule has 0 aliphatic carbocycles.